The molecule has 3 aromatic rings. The molecule has 0 saturated carbocycles. The number of likely N-dealkylation sites (N-methyl/N-ethyl adjacent to an activating group) is 1. The van der Waals surface area contributed by atoms with Crippen LogP contribution >= 0.6 is 0 Å². The number of carbonyl (C=O) groups is 1. The number of carbonyl (C=O) groups excluding carboxylic acids is 1. The predicted octanol–water partition coefficient (Wildman–Crippen LogP) is 3.50. The molecule has 8 nitrogen and oxygen atoms in total. The van der Waals surface area contributed by atoms with Crippen molar-refractivity contribution in [3.63, 3.8) is 0 Å². The minimum Gasteiger partial charge on any atom is -0.497 e. The van der Waals surface area contributed by atoms with Gasteiger partial charge in [0.2, 0.25) is 5.88 Å². The molecule has 0 aliphatic carbocycles. The lowest BCUT2D eigenvalue weighted by molar-refractivity contribution is 0.0325. The summed E-state index contributed by atoms with van der Waals surface area (Å²) in [7, 11) is 3.66. The second kappa shape index (κ2) is 11.5. The summed E-state index contributed by atoms with van der Waals surface area (Å²) in [5.41, 5.74) is 3.19. The van der Waals surface area contributed by atoms with Gasteiger partial charge in [-0.3, -0.25) is 14.7 Å². The van der Waals surface area contributed by atoms with E-state index in [9.17, 15) is 9.90 Å². The first kappa shape index (κ1) is 25.6. The third-order valence-corrected chi connectivity index (χ3v) is 6.59. The summed E-state index contributed by atoms with van der Waals surface area (Å²) in [5, 5.41) is 9.90. The lowest BCUT2D eigenvalue weighted by Gasteiger charge is -2.37. The lowest BCUT2D eigenvalue weighted by atomic mass is 9.99. The summed E-state index contributed by atoms with van der Waals surface area (Å²) in [5.74, 6) is 0.862. The molecule has 0 saturated heterocycles. The maximum atomic E-state index is 13.7. The average molecular weight is 491 g/mol. The summed E-state index contributed by atoms with van der Waals surface area (Å²) >= 11 is 0. The topological polar surface area (TPSA) is 88.0 Å². The molecule has 0 radical (unpaired) electrons. The van der Waals surface area contributed by atoms with Crippen molar-refractivity contribution in [1.82, 2.24) is 19.8 Å². The number of fused-ring (bicyclic) bond motifs is 1. The van der Waals surface area contributed by atoms with E-state index in [2.05, 4.69) is 21.8 Å². The SMILES string of the molecule is COc1cccc(-c2cnc3c(c2)C(=O)N([C@H](C)CO)C[C@@H](C)[C@H](CN(C)Cc2cccnc2)O3)c1. The number of rotatable bonds is 8. The number of benzene rings is 1. The van der Waals surface area contributed by atoms with E-state index in [-0.39, 0.29) is 30.6 Å². The van der Waals surface area contributed by atoms with Gasteiger partial charge in [-0.2, -0.15) is 0 Å². The molecule has 0 spiro atoms. The van der Waals surface area contributed by atoms with Gasteiger partial charge < -0.3 is 19.5 Å². The highest BCUT2D eigenvalue weighted by atomic mass is 16.5. The van der Waals surface area contributed by atoms with Crippen molar-refractivity contribution in [2.75, 3.05) is 33.9 Å². The maximum Gasteiger partial charge on any atom is 0.259 e. The van der Waals surface area contributed by atoms with Crippen LogP contribution in [0.2, 0.25) is 0 Å². The first-order valence-electron chi connectivity index (χ1n) is 12.2. The molecule has 1 aliphatic heterocycles. The van der Waals surface area contributed by atoms with Crippen molar-refractivity contribution in [3.05, 3.63) is 72.2 Å². The average Bonchev–Trinajstić information content (AvgIpc) is 2.90. The fourth-order valence-corrected chi connectivity index (χ4v) is 4.46. The molecule has 4 rings (SSSR count). The number of ether oxygens (including phenoxy) is 2. The number of nitrogens with zero attached hydrogens (tertiary/aromatic N) is 4. The second-order valence-corrected chi connectivity index (χ2v) is 9.49. The van der Waals surface area contributed by atoms with E-state index < -0.39 is 0 Å². The Morgan fingerprint density at radius 1 is 1.22 bits per heavy atom. The highest BCUT2D eigenvalue weighted by Gasteiger charge is 2.34. The number of hydrogen-bond acceptors (Lipinski definition) is 7. The Balaban J connectivity index is 1.66. The van der Waals surface area contributed by atoms with Crippen molar-refractivity contribution >= 4 is 5.91 Å². The Hall–Kier alpha value is -3.49. The highest BCUT2D eigenvalue weighted by molar-refractivity contribution is 5.98. The standard InChI is InChI=1S/C28H34N4O4/c1-19-15-32(20(2)18-33)28(34)25-12-23(22-8-5-9-24(11-22)35-4)14-30-27(25)36-26(19)17-31(3)16-21-7-6-10-29-13-21/h5-14,19-20,26,33H,15-18H2,1-4H3/t19-,20-,26+/m1/s1. The van der Waals surface area contributed by atoms with E-state index in [0.29, 0.717) is 24.5 Å². The van der Waals surface area contributed by atoms with Gasteiger partial charge in [-0.05, 0) is 49.4 Å². The largest absolute Gasteiger partial charge is 0.497 e. The first-order valence-corrected chi connectivity index (χ1v) is 12.2. The lowest BCUT2D eigenvalue weighted by Crippen LogP contribution is -2.49. The van der Waals surface area contributed by atoms with Gasteiger partial charge in [-0.15, -0.1) is 0 Å². The Labute approximate surface area is 212 Å². The summed E-state index contributed by atoms with van der Waals surface area (Å²) in [6.07, 6.45) is 5.14. The van der Waals surface area contributed by atoms with Crippen LogP contribution in [0.15, 0.2) is 61.1 Å². The van der Waals surface area contributed by atoms with Gasteiger partial charge in [0.05, 0.1) is 19.8 Å². The summed E-state index contributed by atoms with van der Waals surface area (Å²) in [6.45, 7) is 5.64. The number of methoxy groups -OCH3 is 1. The summed E-state index contributed by atoms with van der Waals surface area (Å²) in [6, 6.07) is 13.1. The van der Waals surface area contributed by atoms with Crippen LogP contribution < -0.4 is 9.47 Å². The third-order valence-electron chi connectivity index (χ3n) is 6.59. The minimum absolute atomic E-state index is 0.0207. The molecule has 1 N–H and O–H groups in total. The van der Waals surface area contributed by atoms with Gasteiger partial charge in [0, 0.05) is 49.7 Å². The first-order chi connectivity index (χ1) is 17.4. The molecular formula is C28H34N4O4. The Morgan fingerprint density at radius 3 is 2.78 bits per heavy atom. The van der Waals surface area contributed by atoms with Crippen LogP contribution in [0.3, 0.4) is 0 Å². The molecule has 0 unspecified atom stereocenters. The molecule has 3 heterocycles. The predicted molar refractivity (Wildman–Crippen MR) is 138 cm³/mol. The van der Waals surface area contributed by atoms with Crippen LogP contribution in [0.1, 0.15) is 29.8 Å². The Bertz CT molecular complexity index is 1170. The fraction of sp³-hybridized carbons (Fsp3) is 0.393. The Kier molecular flexibility index (Phi) is 8.18. The zero-order valence-electron chi connectivity index (χ0n) is 21.3. The zero-order chi connectivity index (χ0) is 25.7. The van der Waals surface area contributed by atoms with Crippen LogP contribution in [0.5, 0.6) is 11.6 Å². The normalized spacial score (nSPS) is 18.7. The number of pyridine rings is 2. The van der Waals surface area contributed by atoms with E-state index in [1.807, 2.05) is 62.6 Å². The van der Waals surface area contributed by atoms with Crippen LogP contribution in [-0.4, -0.2) is 76.8 Å². The molecular weight excluding hydrogens is 456 g/mol. The molecule has 1 aromatic carbocycles. The number of hydrogen-bond donors (Lipinski definition) is 1. The number of aliphatic hydroxyl groups excluding tert-OH is 1. The van der Waals surface area contributed by atoms with Crippen LogP contribution in [0.4, 0.5) is 0 Å². The Morgan fingerprint density at radius 2 is 2.06 bits per heavy atom. The smallest absolute Gasteiger partial charge is 0.259 e. The minimum atomic E-state index is -0.333. The zero-order valence-corrected chi connectivity index (χ0v) is 21.3. The number of aliphatic hydroxyl groups is 1. The van der Waals surface area contributed by atoms with E-state index in [1.165, 1.54) is 0 Å². The van der Waals surface area contributed by atoms with Crippen LogP contribution in [-0.2, 0) is 6.54 Å². The fourth-order valence-electron chi connectivity index (χ4n) is 4.46. The van der Waals surface area contributed by atoms with Gasteiger partial charge in [-0.25, -0.2) is 4.98 Å². The van der Waals surface area contributed by atoms with Gasteiger partial charge in [-0.1, -0.05) is 25.1 Å². The monoisotopic (exact) mass is 490 g/mol. The van der Waals surface area contributed by atoms with E-state index in [0.717, 1.165) is 29.0 Å². The van der Waals surface area contributed by atoms with Gasteiger partial charge in [0.15, 0.2) is 0 Å². The molecule has 8 heteroatoms. The third kappa shape index (κ3) is 5.83. The molecule has 1 aliphatic rings. The van der Waals surface area contributed by atoms with Crippen molar-refractivity contribution in [1.29, 1.82) is 0 Å². The van der Waals surface area contributed by atoms with Crippen molar-refractivity contribution in [2.45, 2.75) is 32.5 Å². The molecule has 2 aromatic heterocycles. The van der Waals surface area contributed by atoms with E-state index in [4.69, 9.17) is 9.47 Å². The van der Waals surface area contributed by atoms with Gasteiger partial charge in [0.25, 0.3) is 5.91 Å². The molecule has 1 amide bonds. The van der Waals surface area contributed by atoms with E-state index >= 15 is 0 Å². The molecule has 3 atom stereocenters. The molecule has 0 fully saturated rings. The van der Waals surface area contributed by atoms with Crippen LogP contribution in [0, 0.1) is 5.92 Å². The van der Waals surface area contributed by atoms with Crippen LogP contribution in [0.25, 0.3) is 11.1 Å². The summed E-state index contributed by atoms with van der Waals surface area (Å²) < 4.78 is 11.8. The summed E-state index contributed by atoms with van der Waals surface area (Å²) in [4.78, 5) is 26.4. The molecule has 0 bridgehead atoms. The van der Waals surface area contributed by atoms with Crippen molar-refractivity contribution in [3.8, 4) is 22.8 Å². The van der Waals surface area contributed by atoms with Gasteiger partial charge >= 0.3 is 0 Å². The van der Waals surface area contributed by atoms with Gasteiger partial charge in [0.1, 0.15) is 17.4 Å². The van der Waals surface area contributed by atoms with E-state index in [1.54, 1.807) is 24.4 Å². The highest BCUT2D eigenvalue weighted by Crippen LogP contribution is 2.31. The molecule has 190 valence electrons. The molecule has 36 heavy (non-hydrogen) atoms. The number of amides is 1. The van der Waals surface area contributed by atoms with Crippen molar-refractivity contribution in [2.24, 2.45) is 5.92 Å². The second-order valence-electron chi connectivity index (χ2n) is 9.49. The van der Waals surface area contributed by atoms with Crippen molar-refractivity contribution < 1.29 is 19.4 Å². The quantitative estimate of drug-likeness (QED) is 0.517. The number of aromatic nitrogens is 2. The maximum absolute atomic E-state index is 13.7.